The highest BCUT2D eigenvalue weighted by Gasteiger charge is 2.14. The van der Waals surface area contributed by atoms with Crippen LogP contribution in [0.3, 0.4) is 0 Å². The van der Waals surface area contributed by atoms with Crippen LogP contribution in [0.2, 0.25) is 0 Å². The van der Waals surface area contributed by atoms with E-state index >= 15 is 0 Å². The zero-order valence-electron chi connectivity index (χ0n) is 16.5. The Kier molecular flexibility index (Phi) is 6.87. The third kappa shape index (κ3) is 5.82. The molecule has 0 saturated heterocycles. The number of nitrogens with zero attached hydrogens (tertiary/aromatic N) is 3. The molecule has 0 unspecified atom stereocenters. The average Bonchev–Trinajstić information content (AvgIpc) is 2.99. The van der Waals surface area contributed by atoms with Crippen molar-refractivity contribution >= 4 is 6.03 Å². The molecule has 0 bridgehead atoms. The van der Waals surface area contributed by atoms with Gasteiger partial charge in [0.1, 0.15) is 0 Å². The van der Waals surface area contributed by atoms with E-state index in [0.29, 0.717) is 13.1 Å². The molecule has 1 aliphatic rings. The SMILES string of the molecule is Cc1cc(C)n(CCCNC(=O)NCCCN2CCc3ccccc3C2)n1. The van der Waals surface area contributed by atoms with Crippen molar-refractivity contribution in [1.82, 2.24) is 25.3 Å². The summed E-state index contributed by atoms with van der Waals surface area (Å²) in [4.78, 5) is 14.4. The highest BCUT2D eigenvalue weighted by molar-refractivity contribution is 5.73. The second-order valence-electron chi connectivity index (χ2n) is 7.33. The molecule has 0 aliphatic carbocycles. The lowest BCUT2D eigenvalue weighted by Gasteiger charge is -2.28. The van der Waals surface area contributed by atoms with Crippen LogP contribution < -0.4 is 10.6 Å². The summed E-state index contributed by atoms with van der Waals surface area (Å²) in [6.45, 7) is 9.40. The third-order valence-corrected chi connectivity index (χ3v) is 5.08. The van der Waals surface area contributed by atoms with Crippen LogP contribution >= 0.6 is 0 Å². The topological polar surface area (TPSA) is 62.2 Å². The summed E-state index contributed by atoms with van der Waals surface area (Å²) in [5, 5.41) is 10.3. The molecule has 6 heteroatoms. The van der Waals surface area contributed by atoms with Crippen LogP contribution in [0.25, 0.3) is 0 Å². The van der Waals surface area contributed by atoms with Crippen molar-refractivity contribution < 1.29 is 4.79 Å². The molecule has 0 saturated carbocycles. The highest BCUT2D eigenvalue weighted by atomic mass is 16.2. The van der Waals surface area contributed by atoms with Crippen molar-refractivity contribution in [3.8, 4) is 0 Å². The van der Waals surface area contributed by atoms with Crippen LogP contribution in [0.5, 0.6) is 0 Å². The summed E-state index contributed by atoms with van der Waals surface area (Å²) in [5.41, 5.74) is 5.12. The average molecular weight is 370 g/mol. The van der Waals surface area contributed by atoms with E-state index in [9.17, 15) is 4.79 Å². The van der Waals surface area contributed by atoms with Gasteiger partial charge in [-0.2, -0.15) is 5.10 Å². The molecule has 2 heterocycles. The summed E-state index contributed by atoms with van der Waals surface area (Å²) in [6, 6.07) is 10.7. The fourth-order valence-electron chi connectivity index (χ4n) is 3.64. The maximum atomic E-state index is 11.9. The molecule has 2 aromatic rings. The van der Waals surface area contributed by atoms with Gasteiger partial charge in [-0.1, -0.05) is 24.3 Å². The Labute approximate surface area is 161 Å². The molecule has 146 valence electrons. The number of aromatic nitrogens is 2. The zero-order valence-corrected chi connectivity index (χ0v) is 16.5. The van der Waals surface area contributed by atoms with Crippen LogP contribution in [0.15, 0.2) is 30.3 Å². The van der Waals surface area contributed by atoms with Gasteiger partial charge in [0, 0.05) is 45.0 Å². The third-order valence-electron chi connectivity index (χ3n) is 5.08. The number of urea groups is 1. The van der Waals surface area contributed by atoms with E-state index in [4.69, 9.17) is 0 Å². The largest absolute Gasteiger partial charge is 0.338 e. The smallest absolute Gasteiger partial charge is 0.314 e. The van der Waals surface area contributed by atoms with Gasteiger partial charge in [-0.15, -0.1) is 0 Å². The summed E-state index contributed by atoms with van der Waals surface area (Å²) in [7, 11) is 0. The maximum absolute atomic E-state index is 11.9. The molecule has 0 atom stereocenters. The number of benzene rings is 1. The molecule has 1 aromatic heterocycles. The van der Waals surface area contributed by atoms with E-state index in [1.807, 2.05) is 11.6 Å². The molecule has 6 nitrogen and oxygen atoms in total. The van der Waals surface area contributed by atoms with Crippen molar-refractivity contribution in [2.45, 2.75) is 46.2 Å². The normalized spacial score (nSPS) is 14.0. The number of carbonyl (C=O) groups excluding carboxylic acids is 1. The van der Waals surface area contributed by atoms with E-state index in [2.05, 4.69) is 57.9 Å². The number of amides is 2. The van der Waals surface area contributed by atoms with E-state index in [1.165, 1.54) is 11.1 Å². The summed E-state index contributed by atoms with van der Waals surface area (Å²) >= 11 is 0. The quantitative estimate of drug-likeness (QED) is 0.703. The van der Waals surface area contributed by atoms with Crippen LogP contribution in [0.4, 0.5) is 4.79 Å². The first kappa shape index (κ1) is 19.4. The number of carbonyl (C=O) groups is 1. The zero-order chi connectivity index (χ0) is 19.1. The fraction of sp³-hybridized carbons (Fsp3) is 0.524. The molecule has 0 spiro atoms. The monoisotopic (exact) mass is 369 g/mol. The number of hydrogen-bond acceptors (Lipinski definition) is 3. The van der Waals surface area contributed by atoms with Crippen molar-refractivity contribution in [3.05, 3.63) is 52.8 Å². The predicted octanol–water partition coefficient (Wildman–Crippen LogP) is 2.64. The minimum atomic E-state index is -0.0765. The van der Waals surface area contributed by atoms with E-state index in [0.717, 1.165) is 56.8 Å². The van der Waals surface area contributed by atoms with Crippen molar-refractivity contribution in [2.75, 3.05) is 26.2 Å². The number of fused-ring (bicyclic) bond motifs is 1. The van der Waals surface area contributed by atoms with Gasteiger partial charge in [0.15, 0.2) is 0 Å². The highest BCUT2D eigenvalue weighted by Crippen LogP contribution is 2.18. The Balaban J connectivity index is 1.24. The lowest BCUT2D eigenvalue weighted by molar-refractivity contribution is 0.234. The van der Waals surface area contributed by atoms with Gasteiger partial charge in [-0.3, -0.25) is 9.58 Å². The number of aryl methyl sites for hydroxylation is 3. The Morgan fingerprint density at radius 1 is 1.07 bits per heavy atom. The van der Waals surface area contributed by atoms with Crippen LogP contribution in [-0.4, -0.2) is 46.9 Å². The van der Waals surface area contributed by atoms with Gasteiger partial charge in [-0.05, 0) is 50.3 Å². The maximum Gasteiger partial charge on any atom is 0.314 e. The van der Waals surface area contributed by atoms with Gasteiger partial charge < -0.3 is 10.6 Å². The summed E-state index contributed by atoms with van der Waals surface area (Å²) in [6.07, 6.45) is 2.98. The minimum absolute atomic E-state index is 0.0765. The number of hydrogen-bond donors (Lipinski definition) is 2. The van der Waals surface area contributed by atoms with E-state index in [-0.39, 0.29) is 6.03 Å². The predicted molar refractivity (Wildman–Crippen MR) is 108 cm³/mol. The summed E-state index contributed by atoms with van der Waals surface area (Å²) < 4.78 is 1.99. The first-order chi connectivity index (χ1) is 13.1. The lowest BCUT2D eigenvalue weighted by Crippen LogP contribution is -2.38. The molecule has 3 rings (SSSR count). The molecule has 2 amide bonds. The minimum Gasteiger partial charge on any atom is -0.338 e. The first-order valence-corrected chi connectivity index (χ1v) is 9.94. The van der Waals surface area contributed by atoms with E-state index < -0.39 is 0 Å². The molecule has 0 radical (unpaired) electrons. The molecule has 2 N–H and O–H groups in total. The first-order valence-electron chi connectivity index (χ1n) is 9.94. The van der Waals surface area contributed by atoms with Gasteiger partial charge >= 0.3 is 6.03 Å². The Hall–Kier alpha value is -2.34. The van der Waals surface area contributed by atoms with Crippen LogP contribution in [-0.2, 0) is 19.5 Å². The van der Waals surface area contributed by atoms with Gasteiger partial charge in [0.05, 0.1) is 5.69 Å². The number of nitrogens with one attached hydrogen (secondary N) is 2. The Bertz CT molecular complexity index is 755. The molecule has 1 aliphatic heterocycles. The van der Waals surface area contributed by atoms with E-state index in [1.54, 1.807) is 0 Å². The second-order valence-corrected chi connectivity index (χ2v) is 7.33. The molecule has 1 aromatic carbocycles. The summed E-state index contributed by atoms with van der Waals surface area (Å²) in [5.74, 6) is 0. The van der Waals surface area contributed by atoms with Gasteiger partial charge in [0.2, 0.25) is 0 Å². The van der Waals surface area contributed by atoms with Crippen molar-refractivity contribution in [1.29, 1.82) is 0 Å². The molecular weight excluding hydrogens is 338 g/mol. The lowest BCUT2D eigenvalue weighted by atomic mass is 10.00. The van der Waals surface area contributed by atoms with Crippen molar-refractivity contribution in [2.24, 2.45) is 0 Å². The van der Waals surface area contributed by atoms with Crippen LogP contribution in [0.1, 0.15) is 35.4 Å². The molecule has 27 heavy (non-hydrogen) atoms. The second kappa shape index (κ2) is 9.55. The molecular formula is C21H31N5O. The Morgan fingerprint density at radius 3 is 2.48 bits per heavy atom. The van der Waals surface area contributed by atoms with Gasteiger partial charge in [0.25, 0.3) is 0 Å². The number of rotatable bonds is 8. The Morgan fingerprint density at radius 2 is 1.78 bits per heavy atom. The fourth-order valence-corrected chi connectivity index (χ4v) is 3.64. The van der Waals surface area contributed by atoms with Crippen LogP contribution in [0, 0.1) is 13.8 Å². The van der Waals surface area contributed by atoms with Gasteiger partial charge in [-0.25, -0.2) is 4.79 Å². The molecule has 0 fully saturated rings. The van der Waals surface area contributed by atoms with Crippen molar-refractivity contribution in [3.63, 3.8) is 0 Å². The standard InChI is InChI=1S/C21H31N5O/c1-17-15-18(2)26(24-17)13-6-11-23-21(27)22-10-5-12-25-14-9-19-7-3-4-8-20(19)16-25/h3-4,7-8,15H,5-6,9-14,16H2,1-2H3,(H2,22,23,27).